The van der Waals surface area contributed by atoms with Crippen molar-refractivity contribution < 1.29 is 0 Å². The fraction of sp³-hybridized carbons (Fsp3) is 0.388. The van der Waals surface area contributed by atoms with Crippen molar-refractivity contribution >= 4 is 104 Å². The molecule has 0 radical (unpaired) electrons. The van der Waals surface area contributed by atoms with Crippen LogP contribution in [0.25, 0.3) is 0 Å². The summed E-state index contributed by atoms with van der Waals surface area (Å²) in [7, 11) is 0. The topological polar surface area (TPSA) is 6.48 Å². The average Bonchev–Trinajstić information content (AvgIpc) is 3.53. The molecule has 3 aromatic carbocycles. The highest BCUT2D eigenvalue weighted by Gasteiger charge is 2.52. The van der Waals surface area contributed by atoms with Crippen LogP contribution in [0.2, 0.25) is 0 Å². The van der Waals surface area contributed by atoms with Gasteiger partial charge in [0.2, 0.25) is 0 Å². The molecule has 0 amide bonds. The minimum absolute atomic E-state index is 0.0307. The second-order valence-electron chi connectivity index (χ2n) is 19.1. The van der Waals surface area contributed by atoms with Crippen molar-refractivity contribution in [2.45, 2.75) is 106 Å². The van der Waals surface area contributed by atoms with E-state index < -0.39 is 0 Å². The Hall–Kier alpha value is -2.08. The number of hydrogen-bond acceptors (Lipinski definition) is 4. The molecule has 2 unspecified atom stereocenters. The smallest absolute Gasteiger partial charge is 0.266 e. The van der Waals surface area contributed by atoms with Gasteiger partial charge in [0.1, 0.15) is 0 Å². The molecule has 4 heterocycles. The number of hydrogen-bond donors (Lipinski definition) is 0. The van der Waals surface area contributed by atoms with Crippen LogP contribution >= 0.6 is 68.7 Å². The molecule has 0 saturated heterocycles. The Labute approximate surface area is 373 Å². The van der Waals surface area contributed by atoms with Gasteiger partial charge < -0.3 is 9.80 Å². The zero-order chi connectivity index (χ0) is 40.1. The van der Waals surface area contributed by atoms with Gasteiger partial charge >= 0.3 is 0 Å². The summed E-state index contributed by atoms with van der Waals surface area (Å²) in [6.07, 6.45) is 15.7. The number of fused-ring (bicyclic) bond motifs is 4. The maximum atomic E-state index is 2.68. The summed E-state index contributed by atoms with van der Waals surface area (Å²) in [5.74, 6) is 1.22. The van der Waals surface area contributed by atoms with Gasteiger partial charge in [-0.25, -0.2) is 0 Å². The van der Waals surface area contributed by atoms with Crippen molar-refractivity contribution in [3.63, 3.8) is 0 Å². The number of rotatable bonds is 4. The third kappa shape index (κ3) is 7.40. The second-order valence-corrected chi connectivity index (χ2v) is 26.8. The number of allylic oxidation sites excluding steroid dienone is 6. The molecule has 2 atom stereocenters. The molecule has 1 aliphatic carbocycles. The Bertz CT molecular complexity index is 2250. The lowest BCUT2D eigenvalue weighted by molar-refractivity contribution is 0.590. The van der Waals surface area contributed by atoms with E-state index in [2.05, 4.69) is 252 Å². The van der Waals surface area contributed by atoms with E-state index in [1.165, 1.54) is 77.1 Å². The van der Waals surface area contributed by atoms with E-state index in [0.717, 1.165) is 12.2 Å². The fourth-order valence-corrected chi connectivity index (χ4v) is 12.3. The number of thioether (sulfide) groups is 2. The van der Waals surface area contributed by atoms with Crippen molar-refractivity contribution in [3.05, 3.63) is 146 Å². The first-order valence-corrected chi connectivity index (χ1v) is 24.1. The molecule has 56 heavy (non-hydrogen) atoms. The number of benzene rings is 3. The lowest BCUT2D eigenvalue weighted by Crippen LogP contribution is -2.49. The maximum Gasteiger partial charge on any atom is 0.266 e. The Kier molecular flexibility index (Phi) is 10.6. The molecule has 0 N–H and O–H groups in total. The number of alkyl halides is 2. The van der Waals surface area contributed by atoms with Gasteiger partial charge in [-0.2, -0.15) is 0 Å². The number of nitrogens with zero attached hydrogens (tertiary/aromatic N) is 2. The molecule has 0 fully saturated rings. The summed E-state index contributed by atoms with van der Waals surface area (Å²) in [4.78, 5) is 8.35. The van der Waals surface area contributed by atoms with E-state index in [0.29, 0.717) is 5.25 Å². The Morgan fingerprint density at radius 2 is 1.25 bits per heavy atom. The zero-order valence-electron chi connectivity index (χ0n) is 34.9. The standard InChI is InChI=1S/C49H55BI2N2S2/c1-30-27-39-42-40(28-30)54(36-22-16-32(17-23-36)47(5,6)7)43-37-29-34(49(10,11)52)19-25-41(37)56-45(43)50(42)44-38(24-18-33(48(8,9)51)13-12-26-55-44)53(39)35-20-14-31(15-21-35)46(2,3)4/h12-23,25,27-29,37,41H,24,26H2,1-11H3/b13-12-,33-18+. The molecule has 3 aromatic rings. The predicted octanol–water partition coefficient (Wildman–Crippen LogP) is 14.4. The van der Waals surface area contributed by atoms with E-state index in [1.54, 1.807) is 0 Å². The van der Waals surface area contributed by atoms with Crippen LogP contribution in [0.3, 0.4) is 0 Å². The quantitative estimate of drug-likeness (QED) is 0.146. The minimum atomic E-state index is 0.0307. The monoisotopic (exact) mass is 1000 g/mol. The van der Waals surface area contributed by atoms with Crippen molar-refractivity contribution in [1.29, 1.82) is 0 Å². The SMILES string of the molecule is Cc1cc2c3c(c1)N(c1ccc(C(C)(C)C)cc1)C1=C(SC4C=CC(C(C)(C)I)=CC14)B3C1=C(C/C=C(C(C)(C)I)\C=C/CS1)N2c1ccc(C(C)(C)C)cc1. The highest BCUT2D eigenvalue weighted by Crippen LogP contribution is 2.58. The first-order valence-electron chi connectivity index (χ1n) is 20.1. The van der Waals surface area contributed by atoms with E-state index in [9.17, 15) is 0 Å². The summed E-state index contributed by atoms with van der Waals surface area (Å²) >= 11 is 9.43. The van der Waals surface area contributed by atoms with E-state index in [4.69, 9.17) is 0 Å². The fourth-order valence-electron chi connectivity index (χ4n) is 8.79. The summed E-state index contributed by atoms with van der Waals surface area (Å²) in [5, 5.41) is 0.359. The highest BCUT2D eigenvalue weighted by atomic mass is 127. The van der Waals surface area contributed by atoms with Gasteiger partial charge in [0.15, 0.2) is 0 Å². The van der Waals surface area contributed by atoms with Crippen molar-refractivity contribution in [3.8, 4) is 0 Å². The molecule has 0 spiro atoms. The molecule has 0 bridgehead atoms. The second kappa shape index (κ2) is 14.6. The van der Waals surface area contributed by atoms with Gasteiger partial charge in [-0.1, -0.05) is 147 Å². The minimum Gasteiger partial charge on any atom is -0.314 e. The van der Waals surface area contributed by atoms with Crippen LogP contribution in [0, 0.1) is 12.8 Å². The zero-order valence-corrected chi connectivity index (χ0v) is 40.8. The Morgan fingerprint density at radius 3 is 1.80 bits per heavy atom. The van der Waals surface area contributed by atoms with Crippen molar-refractivity contribution in [2.24, 2.45) is 5.92 Å². The molecule has 8 rings (SSSR count). The first-order chi connectivity index (χ1) is 26.2. The number of anilines is 4. The van der Waals surface area contributed by atoms with Gasteiger partial charge in [-0.3, -0.25) is 0 Å². The third-order valence-electron chi connectivity index (χ3n) is 11.9. The van der Waals surface area contributed by atoms with Crippen LogP contribution < -0.4 is 15.3 Å². The average molecular weight is 1000 g/mol. The van der Waals surface area contributed by atoms with Crippen LogP contribution in [-0.4, -0.2) is 24.6 Å². The molecule has 7 heteroatoms. The maximum absolute atomic E-state index is 2.68. The van der Waals surface area contributed by atoms with Crippen molar-refractivity contribution in [1.82, 2.24) is 0 Å². The van der Waals surface area contributed by atoms with Gasteiger partial charge in [0.25, 0.3) is 6.71 Å². The summed E-state index contributed by atoms with van der Waals surface area (Å²) in [5.41, 5.74) is 16.4. The molecular weight excluding hydrogens is 945 g/mol. The number of aryl methyl sites for hydroxylation is 1. The van der Waals surface area contributed by atoms with Gasteiger partial charge in [0, 0.05) is 64.3 Å². The van der Waals surface area contributed by atoms with E-state index >= 15 is 0 Å². The Morgan fingerprint density at radius 1 is 0.696 bits per heavy atom. The lowest BCUT2D eigenvalue weighted by Gasteiger charge is -2.45. The normalized spacial score (nSPS) is 22.7. The molecule has 0 aromatic heterocycles. The third-order valence-corrected chi connectivity index (χ3v) is 15.7. The van der Waals surface area contributed by atoms with Gasteiger partial charge in [-0.15, -0.1) is 23.5 Å². The van der Waals surface area contributed by atoms with Crippen LogP contribution in [0.4, 0.5) is 22.7 Å². The van der Waals surface area contributed by atoms with Gasteiger partial charge in [0.05, 0.1) is 0 Å². The molecule has 2 nitrogen and oxygen atoms in total. The lowest BCUT2D eigenvalue weighted by atomic mass is 9.40. The van der Waals surface area contributed by atoms with Crippen LogP contribution in [0.5, 0.6) is 0 Å². The number of halogens is 2. The van der Waals surface area contributed by atoms with Crippen molar-refractivity contribution in [2.75, 3.05) is 15.6 Å². The summed E-state index contributed by atoms with van der Waals surface area (Å²) < 4.78 is 0.0751. The highest BCUT2D eigenvalue weighted by molar-refractivity contribution is 14.1. The molecule has 0 saturated carbocycles. The first kappa shape index (κ1) is 40.7. The van der Waals surface area contributed by atoms with E-state index in [1.807, 2.05) is 0 Å². The molecule has 5 aliphatic rings. The van der Waals surface area contributed by atoms with E-state index in [-0.39, 0.29) is 30.3 Å². The summed E-state index contributed by atoms with van der Waals surface area (Å²) in [6.45, 7) is 25.7. The Balaban J connectivity index is 1.43. The predicted molar refractivity (Wildman–Crippen MR) is 268 cm³/mol. The largest absolute Gasteiger partial charge is 0.314 e. The summed E-state index contributed by atoms with van der Waals surface area (Å²) in [6, 6.07) is 23.9. The van der Waals surface area contributed by atoms with Gasteiger partial charge in [-0.05, 0) is 125 Å². The molecular formula is C49H55BI2N2S2. The molecule has 290 valence electrons. The van der Waals surface area contributed by atoms with Crippen LogP contribution in [0.1, 0.15) is 92.3 Å². The van der Waals surface area contributed by atoms with Crippen LogP contribution in [-0.2, 0) is 10.8 Å². The molecule has 4 aliphatic heterocycles. The van der Waals surface area contributed by atoms with Crippen LogP contribution in [0.15, 0.2) is 129 Å².